The first-order valence-electron chi connectivity index (χ1n) is 9.23. The normalized spacial score (nSPS) is 10.6. The average Bonchev–Trinajstić information content (AvgIpc) is 2.66. The van der Waals surface area contributed by atoms with E-state index in [1.165, 1.54) is 5.57 Å². The van der Waals surface area contributed by atoms with Crippen LogP contribution in [-0.2, 0) is 0 Å². The van der Waals surface area contributed by atoms with Crippen LogP contribution >= 0.6 is 0 Å². The molecule has 0 aliphatic heterocycles. The van der Waals surface area contributed by atoms with Crippen LogP contribution in [0.4, 0.5) is 0 Å². The molecule has 0 atom stereocenters. The molecule has 1 aromatic heterocycles. The molecule has 28 heavy (non-hydrogen) atoms. The maximum Gasteiger partial charge on any atom is 0.235 e. The van der Waals surface area contributed by atoms with Crippen LogP contribution in [0.15, 0.2) is 63.3 Å². The molecule has 0 N–H and O–H groups in total. The van der Waals surface area contributed by atoms with Crippen molar-refractivity contribution in [3.8, 4) is 23.0 Å². The fraction of sp³-hybridized carbons (Fsp3) is 0.261. The molecule has 2 aromatic carbocycles. The molecule has 0 radical (unpaired) electrons. The predicted molar refractivity (Wildman–Crippen MR) is 110 cm³/mol. The van der Waals surface area contributed by atoms with Crippen LogP contribution in [0.2, 0.25) is 0 Å². The molecule has 0 bridgehead atoms. The number of allylic oxidation sites excluding steroid dienone is 1. The first-order chi connectivity index (χ1) is 13.5. The monoisotopic (exact) mass is 380 g/mol. The summed E-state index contributed by atoms with van der Waals surface area (Å²) in [5.41, 5.74) is 1.40. The summed E-state index contributed by atoms with van der Waals surface area (Å²) in [6.45, 7) is 8.59. The van der Waals surface area contributed by atoms with E-state index < -0.39 is 0 Å². The largest absolute Gasteiger partial charge is 0.490 e. The SMILES string of the molecule is CCOc1ccccc1Oc1c(C)oc2cc(OCC=C(C)C)ccc2c1=O. The smallest absolute Gasteiger partial charge is 0.235 e. The highest BCUT2D eigenvalue weighted by molar-refractivity contribution is 5.79. The highest BCUT2D eigenvalue weighted by Crippen LogP contribution is 2.33. The summed E-state index contributed by atoms with van der Waals surface area (Å²) in [5.74, 6) is 2.23. The standard InChI is InChI=1S/C23H24O5/c1-5-25-19-8-6-7-9-20(19)28-23-16(4)27-21-14-17(26-13-12-15(2)3)10-11-18(21)22(23)24/h6-12,14H,5,13H2,1-4H3. The number of hydrogen-bond acceptors (Lipinski definition) is 5. The molecule has 3 rings (SSSR count). The summed E-state index contributed by atoms with van der Waals surface area (Å²) >= 11 is 0. The Morgan fingerprint density at radius 3 is 2.54 bits per heavy atom. The van der Waals surface area contributed by atoms with Crippen LogP contribution in [0.25, 0.3) is 11.0 Å². The van der Waals surface area contributed by atoms with Gasteiger partial charge in [0.15, 0.2) is 11.5 Å². The second-order valence-corrected chi connectivity index (χ2v) is 6.55. The zero-order valence-electron chi connectivity index (χ0n) is 16.6. The third-order valence-corrected chi connectivity index (χ3v) is 4.09. The molecule has 0 saturated heterocycles. The van der Waals surface area contributed by atoms with Crippen LogP contribution in [0.1, 0.15) is 26.5 Å². The van der Waals surface area contributed by atoms with E-state index in [1.54, 1.807) is 37.3 Å². The number of para-hydroxylation sites is 2. The maximum absolute atomic E-state index is 13.0. The van der Waals surface area contributed by atoms with E-state index in [2.05, 4.69) is 0 Å². The van der Waals surface area contributed by atoms with Gasteiger partial charge in [-0.25, -0.2) is 0 Å². The predicted octanol–water partition coefficient (Wildman–Crippen LogP) is 5.64. The van der Waals surface area contributed by atoms with Crippen molar-refractivity contribution in [2.75, 3.05) is 13.2 Å². The van der Waals surface area contributed by atoms with E-state index >= 15 is 0 Å². The minimum absolute atomic E-state index is 0.151. The highest BCUT2D eigenvalue weighted by atomic mass is 16.5. The van der Waals surface area contributed by atoms with Crippen molar-refractivity contribution < 1.29 is 18.6 Å². The Hall–Kier alpha value is -3.21. The first-order valence-corrected chi connectivity index (χ1v) is 9.23. The highest BCUT2D eigenvalue weighted by Gasteiger charge is 2.16. The molecule has 0 saturated carbocycles. The number of fused-ring (bicyclic) bond motifs is 1. The van der Waals surface area contributed by atoms with Gasteiger partial charge >= 0.3 is 0 Å². The lowest BCUT2D eigenvalue weighted by Gasteiger charge is -2.13. The lowest BCUT2D eigenvalue weighted by molar-refractivity contribution is 0.318. The Balaban J connectivity index is 1.95. The zero-order valence-corrected chi connectivity index (χ0v) is 16.6. The molecule has 3 aromatic rings. The van der Waals surface area contributed by atoms with Gasteiger partial charge in [0.1, 0.15) is 23.7 Å². The van der Waals surface area contributed by atoms with Crippen molar-refractivity contribution in [3.63, 3.8) is 0 Å². The van der Waals surface area contributed by atoms with Crippen LogP contribution < -0.4 is 19.6 Å². The fourth-order valence-corrected chi connectivity index (χ4v) is 2.70. The lowest BCUT2D eigenvalue weighted by atomic mass is 10.2. The van der Waals surface area contributed by atoms with E-state index in [4.69, 9.17) is 18.6 Å². The number of hydrogen-bond donors (Lipinski definition) is 0. The van der Waals surface area contributed by atoms with E-state index in [-0.39, 0.29) is 11.2 Å². The van der Waals surface area contributed by atoms with Crippen LogP contribution in [0.5, 0.6) is 23.0 Å². The minimum atomic E-state index is -0.235. The van der Waals surface area contributed by atoms with Gasteiger partial charge in [-0.05, 0) is 58.0 Å². The molecule has 5 heteroatoms. The summed E-state index contributed by atoms with van der Waals surface area (Å²) in [6.07, 6.45) is 1.98. The lowest BCUT2D eigenvalue weighted by Crippen LogP contribution is -2.08. The molecule has 0 spiro atoms. The number of benzene rings is 2. The summed E-state index contributed by atoms with van der Waals surface area (Å²) in [6, 6.07) is 12.4. The molecule has 146 valence electrons. The zero-order chi connectivity index (χ0) is 20.1. The average molecular weight is 380 g/mol. The number of ether oxygens (including phenoxy) is 3. The van der Waals surface area contributed by atoms with Gasteiger partial charge in [0.25, 0.3) is 0 Å². The summed E-state index contributed by atoms with van der Waals surface area (Å²) in [5, 5.41) is 0.434. The quantitative estimate of drug-likeness (QED) is 0.497. The van der Waals surface area contributed by atoms with E-state index in [9.17, 15) is 4.79 Å². The van der Waals surface area contributed by atoms with Gasteiger partial charge in [0.2, 0.25) is 11.2 Å². The van der Waals surface area contributed by atoms with Gasteiger partial charge in [-0.15, -0.1) is 0 Å². The fourth-order valence-electron chi connectivity index (χ4n) is 2.70. The molecule has 0 fully saturated rings. The Labute approximate surface area is 164 Å². The molecule has 0 unspecified atom stereocenters. The third-order valence-electron chi connectivity index (χ3n) is 4.09. The Morgan fingerprint density at radius 2 is 1.82 bits per heavy atom. The number of aryl methyl sites for hydroxylation is 1. The summed E-state index contributed by atoms with van der Waals surface area (Å²) in [4.78, 5) is 13.0. The van der Waals surface area contributed by atoms with E-state index in [0.29, 0.717) is 47.2 Å². The van der Waals surface area contributed by atoms with Gasteiger partial charge in [-0.1, -0.05) is 17.7 Å². The maximum atomic E-state index is 13.0. The Bertz CT molecular complexity index is 1060. The molecule has 0 aliphatic rings. The van der Waals surface area contributed by atoms with Gasteiger partial charge < -0.3 is 18.6 Å². The first kappa shape index (κ1) is 19.5. The molecule has 0 aliphatic carbocycles. The van der Waals surface area contributed by atoms with Gasteiger partial charge in [0, 0.05) is 6.07 Å². The van der Waals surface area contributed by atoms with Crippen LogP contribution in [-0.4, -0.2) is 13.2 Å². The minimum Gasteiger partial charge on any atom is -0.490 e. The van der Waals surface area contributed by atoms with Gasteiger partial charge in [-0.3, -0.25) is 4.79 Å². The van der Waals surface area contributed by atoms with Crippen molar-refractivity contribution in [1.82, 2.24) is 0 Å². The van der Waals surface area contributed by atoms with Crippen molar-refractivity contribution in [2.45, 2.75) is 27.7 Å². The molecule has 0 amide bonds. The van der Waals surface area contributed by atoms with E-state index in [1.807, 2.05) is 39.0 Å². The van der Waals surface area contributed by atoms with Crippen LogP contribution in [0.3, 0.4) is 0 Å². The molecular weight excluding hydrogens is 356 g/mol. The summed E-state index contributed by atoms with van der Waals surface area (Å²) < 4.78 is 23.0. The molecule has 5 nitrogen and oxygen atoms in total. The van der Waals surface area contributed by atoms with Crippen molar-refractivity contribution in [3.05, 3.63) is 70.1 Å². The van der Waals surface area contributed by atoms with Crippen molar-refractivity contribution in [1.29, 1.82) is 0 Å². The third kappa shape index (κ3) is 4.36. The Morgan fingerprint density at radius 1 is 1.07 bits per heavy atom. The molecule has 1 heterocycles. The van der Waals surface area contributed by atoms with Crippen molar-refractivity contribution >= 4 is 11.0 Å². The second-order valence-electron chi connectivity index (χ2n) is 6.55. The van der Waals surface area contributed by atoms with Crippen molar-refractivity contribution in [2.24, 2.45) is 0 Å². The Kier molecular flexibility index (Phi) is 6.04. The van der Waals surface area contributed by atoms with Crippen LogP contribution in [0, 0.1) is 6.92 Å². The number of rotatable bonds is 7. The van der Waals surface area contributed by atoms with Gasteiger partial charge in [0.05, 0.1) is 12.0 Å². The second kappa shape index (κ2) is 8.65. The van der Waals surface area contributed by atoms with E-state index in [0.717, 1.165) is 0 Å². The topological polar surface area (TPSA) is 57.9 Å². The summed E-state index contributed by atoms with van der Waals surface area (Å²) in [7, 11) is 0. The van der Waals surface area contributed by atoms with Gasteiger partial charge in [-0.2, -0.15) is 0 Å². The molecular formula is C23H24O5.